The van der Waals surface area contributed by atoms with E-state index in [-0.39, 0.29) is 13.8 Å². The number of nitrogens with one attached hydrogen (secondary N) is 1. The molecule has 2 bridgehead atoms. The Hall–Kier alpha value is 0.0700. The van der Waals surface area contributed by atoms with Crippen molar-refractivity contribution in [3.63, 3.8) is 0 Å². The van der Waals surface area contributed by atoms with Gasteiger partial charge >= 0.3 is 0 Å². The van der Waals surface area contributed by atoms with Crippen LogP contribution in [0.3, 0.4) is 0 Å². The van der Waals surface area contributed by atoms with Gasteiger partial charge in [0.1, 0.15) is 0 Å². The van der Waals surface area contributed by atoms with E-state index in [0.717, 1.165) is 33.4 Å². The standard InChI is InChI=1S/C15H27NOP2/c1-18-14(19(2)3)5-4-8-16-15(17)13-10-11-6-7-12(13)9-11/h6-7,11-14,18H,4-5,8-10H2,1-3H3,(H,16,17). The summed E-state index contributed by atoms with van der Waals surface area (Å²) in [6.07, 6.45) is 9.28. The average molecular weight is 299 g/mol. The summed E-state index contributed by atoms with van der Waals surface area (Å²) in [4.78, 5) is 12.1. The first-order valence-corrected chi connectivity index (χ1v) is 11.3. The van der Waals surface area contributed by atoms with Crippen LogP contribution in [0.25, 0.3) is 0 Å². The lowest BCUT2D eigenvalue weighted by Gasteiger charge is -2.20. The fourth-order valence-corrected chi connectivity index (χ4v) is 6.64. The minimum atomic E-state index is 0.182. The van der Waals surface area contributed by atoms with Gasteiger partial charge in [-0.2, -0.15) is 0 Å². The van der Waals surface area contributed by atoms with E-state index in [0.29, 0.717) is 17.7 Å². The Kier molecular flexibility index (Phi) is 5.85. The third kappa shape index (κ3) is 4.02. The van der Waals surface area contributed by atoms with Crippen molar-refractivity contribution >= 4 is 22.4 Å². The second-order valence-corrected chi connectivity index (χ2v) is 10.4. The van der Waals surface area contributed by atoms with Gasteiger partial charge in [0.25, 0.3) is 0 Å². The van der Waals surface area contributed by atoms with Crippen molar-refractivity contribution in [2.75, 3.05) is 26.5 Å². The molecule has 2 nitrogen and oxygen atoms in total. The molecule has 19 heavy (non-hydrogen) atoms. The normalized spacial score (nSPS) is 30.6. The Bertz CT molecular complexity index is 343. The zero-order valence-electron chi connectivity index (χ0n) is 12.4. The van der Waals surface area contributed by atoms with Crippen molar-refractivity contribution in [2.24, 2.45) is 17.8 Å². The van der Waals surface area contributed by atoms with Gasteiger partial charge in [-0.3, -0.25) is 4.79 Å². The van der Waals surface area contributed by atoms with Gasteiger partial charge in [0, 0.05) is 12.5 Å². The zero-order valence-corrected chi connectivity index (χ0v) is 14.2. The minimum Gasteiger partial charge on any atom is -0.356 e. The predicted octanol–water partition coefficient (Wildman–Crippen LogP) is 3.47. The number of rotatable bonds is 7. The highest BCUT2D eigenvalue weighted by Crippen LogP contribution is 2.45. The van der Waals surface area contributed by atoms with Gasteiger partial charge in [0.15, 0.2) is 0 Å². The molecule has 5 atom stereocenters. The van der Waals surface area contributed by atoms with Crippen molar-refractivity contribution in [3.8, 4) is 0 Å². The number of hydrogen-bond acceptors (Lipinski definition) is 1. The molecular weight excluding hydrogens is 272 g/mol. The first kappa shape index (κ1) is 15.5. The highest BCUT2D eigenvalue weighted by atomic mass is 31.2. The Morgan fingerprint density at radius 2 is 2.21 bits per heavy atom. The van der Waals surface area contributed by atoms with E-state index in [1.54, 1.807) is 0 Å². The van der Waals surface area contributed by atoms with Crippen LogP contribution in [0.5, 0.6) is 0 Å². The number of allylic oxidation sites excluding steroid dienone is 2. The molecule has 1 amide bonds. The highest BCUT2D eigenvalue weighted by Gasteiger charge is 2.39. The van der Waals surface area contributed by atoms with Crippen molar-refractivity contribution in [2.45, 2.75) is 31.1 Å². The molecule has 0 aliphatic heterocycles. The summed E-state index contributed by atoms with van der Waals surface area (Å²) in [7, 11) is 1.23. The summed E-state index contributed by atoms with van der Waals surface area (Å²) in [5.74, 6) is 1.81. The third-order valence-electron chi connectivity index (χ3n) is 4.53. The van der Waals surface area contributed by atoms with Gasteiger partial charge in [0.05, 0.1) is 0 Å². The first-order chi connectivity index (χ1) is 9.11. The van der Waals surface area contributed by atoms with Gasteiger partial charge in [-0.25, -0.2) is 0 Å². The van der Waals surface area contributed by atoms with Gasteiger partial charge in [-0.05, 0) is 62.9 Å². The number of fused-ring (bicyclic) bond motifs is 2. The van der Waals surface area contributed by atoms with Crippen LogP contribution in [-0.2, 0) is 4.79 Å². The Balaban J connectivity index is 1.63. The molecule has 2 rings (SSSR count). The maximum absolute atomic E-state index is 12.1. The number of hydrogen-bond donors (Lipinski definition) is 1. The van der Waals surface area contributed by atoms with Crippen molar-refractivity contribution in [3.05, 3.63) is 12.2 Å². The largest absolute Gasteiger partial charge is 0.356 e. The number of carbonyl (C=O) groups excluding carboxylic acids is 1. The van der Waals surface area contributed by atoms with Crippen LogP contribution in [0.4, 0.5) is 0 Å². The highest BCUT2D eigenvalue weighted by molar-refractivity contribution is 7.67. The van der Waals surface area contributed by atoms with Crippen molar-refractivity contribution in [1.29, 1.82) is 0 Å². The second kappa shape index (κ2) is 7.19. The zero-order chi connectivity index (χ0) is 13.8. The lowest BCUT2D eigenvalue weighted by molar-refractivity contribution is -0.125. The van der Waals surface area contributed by atoms with Crippen LogP contribution in [0, 0.1) is 17.8 Å². The summed E-state index contributed by atoms with van der Waals surface area (Å²) < 4.78 is 0. The molecular formula is C15H27NOP2. The molecule has 0 aromatic rings. The van der Waals surface area contributed by atoms with Crippen molar-refractivity contribution < 1.29 is 4.79 Å². The topological polar surface area (TPSA) is 29.1 Å². The molecule has 0 spiro atoms. The molecule has 0 saturated heterocycles. The lowest BCUT2D eigenvalue weighted by Crippen LogP contribution is -2.33. The van der Waals surface area contributed by atoms with Crippen LogP contribution in [-0.4, -0.2) is 37.8 Å². The Morgan fingerprint density at radius 3 is 2.74 bits per heavy atom. The van der Waals surface area contributed by atoms with E-state index >= 15 is 0 Å². The summed E-state index contributed by atoms with van der Waals surface area (Å²) in [5.41, 5.74) is 0. The molecule has 2 aliphatic carbocycles. The van der Waals surface area contributed by atoms with Crippen LogP contribution >= 0.6 is 16.5 Å². The SMILES string of the molecule is CPC(CCCNC(=O)C1CC2C=CC1C2)P(C)C. The van der Waals surface area contributed by atoms with Gasteiger partial charge in [-0.1, -0.05) is 12.2 Å². The molecule has 0 aromatic heterocycles. The summed E-state index contributed by atoms with van der Waals surface area (Å²) >= 11 is 0. The molecule has 2 aliphatic rings. The van der Waals surface area contributed by atoms with Gasteiger partial charge < -0.3 is 5.32 Å². The monoisotopic (exact) mass is 299 g/mol. The van der Waals surface area contributed by atoms with E-state index < -0.39 is 0 Å². The average Bonchev–Trinajstić information content (AvgIpc) is 3.00. The maximum atomic E-state index is 12.1. The maximum Gasteiger partial charge on any atom is 0.223 e. The molecule has 108 valence electrons. The van der Waals surface area contributed by atoms with E-state index in [2.05, 4.69) is 37.5 Å². The van der Waals surface area contributed by atoms with Crippen LogP contribution in [0.2, 0.25) is 0 Å². The fourth-order valence-electron chi connectivity index (χ4n) is 3.38. The molecule has 1 saturated carbocycles. The van der Waals surface area contributed by atoms with Crippen LogP contribution < -0.4 is 5.32 Å². The second-order valence-electron chi connectivity index (χ2n) is 6.09. The molecule has 1 N–H and O–H groups in total. The van der Waals surface area contributed by atoms with Crippen LogP contribution in [0.1, 0.15) is 25.7 Å². The number of amides is 1. The fraction of sp³-hybridized carbons (Fsp3) is 0.800. The quantitative estimate of drug-likeness (QED) is 0.435. The van der Waals surface area contributed by atoms with Crippen LogP contribution in [0.15, 0.2) is 12.2 Å². The molecule has 1 fully saturated rings. The summed E-state index contributed by atoms with van der Waals surface area (Å²) in [6.45, 7) is 7.93. The molecule has 0 heterocycles. The molecule has 0 aromatic carbocycles. The number of carbonyl (C=O) groups is 1. The van der Waals surface area contributed by atoms with Gasteiger partial charge in [-0.15, -0.1) is 16.5 Å². The smallest absolute Gasteiger partial charge is 0.223 e. The van der Waals surface area contributed by atoms with E-state index in [9.17, 15) is 4.79 Å². The van der Waals surface area contributed by atoms with E-state index in [4.69, 9.17) is 0 Å². The summed E-state index contributed by atoms with van der Waals surface area (Å²) in [5, 5.41) is 4.07. The van der Waals surface area contributed by atoms with Crippen molar-refractivity contribution in [1.82, 2.24) is 5.32 Å². The Morgan fingerprint density at radius 1 is 1.42 bits per heavy atom. The molecule has 5 unspecified atom stereocenters. The predicted molar refractivity (Wildman–Crippen MR) is 87.9 cm³/mol. The lowest BCUT2D eigenvalue weighted by atomic mass is 9.93. The van der Waals surface area contributed by atoms with E-state index in [1.165, 1.54) is 12.8 Å². The van der Waals surface area contributed by atoms with Gasteiger partial charge in [0.2, 0.25) is 5.91 Å². The van der Waals surface area contributed by atoms with E-state index in [1.807, 2.05) is 0 Å². The first-order valence-electron chi connectivity index (χ1n) is 7.41. The molecule has 4 heteroatoms. The third-order valence-corrected chi connectivity index (χ3v) is 9.31. The summed E-state index contributed by atoms with van der Waals surface area (Å²) in [6, 6.07) is 0. The Labute approximate surface area is 120 Å². The molecule has 0 radical (unpaired) electrons. The minimum absolute atomic E-state index is 0.182.